The molecule has 1 saturated heterocycles. The van der Waals surface area contributed by atoms with Gasteiger partial charge in [0.15, 0.2) is 0 Å². The van der Waals surface area contributed by atoms with Crippen molar-refractivity contribution in [3.63, 3.8) is 0 Å². The van der Waals surface area contributed by atoms with Crippen LogP contribution in [0.4, 0.5) is 4.79 Å². The zero-order chi connectivity index (χ0) is 13.8. The van der Waals surface area contributed by atoms with Crippen molar-refractivity contribution in [1.82, 2.24) is 10.0 Å². The number of ether oxygens (including phenoxy) is 1. The normalized spacial score (nSPS) is 17.0. The molecular formula is C12H22N2O4. The van der Waals surface area contributed by atoms with E-state index in [1.54, 1.807) is 20.8 Å². The molecule has 0 atom stereocenters. The van der Waals surface area contributed by atoms with Crippen molar-refractivity contribution < 1.29 is 19.4 Å². The first-order chi connectivity index (χ1) is 8.35. The Hall–Kier alpha value is -1.30. The molecule has 0 saturated carbocycles. The van der Waals surface area contributed by atoms with Crippen LogP contribution in [0.1, 0.15) is 40.0 Å². The number of hydrazine groups is 1. The summed E-state index contributed by atoms with van der Waals surface area (Å²) >= 11 is 0. The van der Waals surface area contributed by atoms with Gasteiger partial charge in [0.1, 0.15) is 5.60 Å². The fraction of sp³-hybridized carbons (Fsp3) is 0.833. The number of aliphatic hydroxyl groups excluding tert-OH is 1. The van der Waals surface area contributed by atoms with E-state index in [1.165, 1.54) is 10.0 Å². The summed E-state index contributed by atoms with van der Waals surface area (Å²) in [5, 5.41) is 11.5. The summed E-state index contributed by atoms with van der Waals surface area (Å²) in [7, 11) is 0. The molecule has 6 heteroatoms. The van der Waals surface area contributed by atoms with Crippen LogP contribution < -0.4 is 0 Å². The summed E-state index contributed by atoms with van der Waals surface area (Å²) in [6.07, 6.45) is 1.03. The molecule has 0 aromatic rings. The molecule has 1 heterocycles. The number of aliphatic hydroxyl groups is 1. The Bertz CT molecular complexity index is 312. The standard InChI is InChI=1S/C12H22N2O4/c1-12(2,3)18-11(17)14-7-4-6-10(16)13(14)8-5-9-15/h15H,4-9H2,1-3H3. The Morgan fingerprint density at radius 1 is 1.44 bits per heavy atom. The first kappa shape index (κ1) is 14.8. The van der Waals surface area contributed by atoms with Crippen LogP contribution in [0.5, 0.6) is 0 Å². The van der Waals surface area contributed by atoms with E-state index in [0.717, 1.165) is 0 Å². The quantitative estimate of drug-likeness (QED) is 0.824. The van der Waals surface area contributed by atoms with Crippen molar-refractivity contribution in [2.45, 2.75) is 45.6 Å². The largest absolute Gasteiger partial charge is 0.442 e. The Morgan fingerprint density at radius 3 is 2.67 bits per heavy atom. The molecule has 0 bridgehead atoms. The number of rotatable bonds is 3. The van der Waals surface area contributed by atoms with Crippen LogP contribution in [0.25, 0.3) is 0 Å². The van der Waals surface area contributed by atoms with E-state index < -0.39 is 11.7 Å². The van der Waals surface area contributed by atoms with E-state index in [9.17, 15) is 9.59 Å². The molecule has 1 aliphatic heterocycles. The molecule has 1 rings (SSSR count). The van der Waals surface area contributed by atoms with Gasteiger partial charge in [-0.25, -0.2) is 14.8 Å². The highest BCUT2D eigenvalue weighted by atomic mass is 16.6. The lowest BCUT2D eigenvalue weighted by molar-refractivity contribution is -0.153. The molecule has 0 radical (unpaired) electrons. The minimum Gasteiger partial charge on any atom is -0.442 e. The van der Waals surface area contributed by atoms with Crippen LogP contribution in [0, 0.1) is 0 Å². The van der Waals surface area contributed by atoms with Gasteiger partial charge in [0.2, 0.25) is 5.91 Å². The second-order valence-corrected chi connectivity index (χ2v) is 5.30. The van der Waals surface area contributed by atoms with Crippen LogP contribution in [0.3, 0.4) is 0 Å². The monoisotopic (exact) mass is 258 g/mol. The maximum atomic E-state index is 12.0. The number of nitrogens with zero attached hydrogens (tertiary/aromatic N) is 2. The van der Waals surface area contributed by atoms with E-state index in [2.05, 4.69) is 0 Å². The minimum absolute atomic E-state index is 0.00800. The molecule has 2 amide bonds. The van der Waals surface area contributed by atoms with Crippen molar-refractivity contribution in [3.05, 3.63) is 0 Å². The lowest BCUT2D eigenvalue weighted by Crippen LogP contribution is -2.54. The first-order valence-corrected chi connectivity index (χ1v) is 6.27. The molecule has 1 aliphatic rings. The average Bonchev–Trinajstić information content (AvgIpc) is 2.24. The fourth-order valence-electron chi connectivity index (χ4n) is 1.73. The van der Waals surface area contributed by atoms with Gasteiger partial charge in [0, 0.05) is 26.1 Å². The Morgan fingerprint density at radius 2 is 2.11 bits per heavy atom. The molecule has 1 fully saturated rings. The fourth-order valence-corrected chi connectivity index (χ4v) is 1.73. The summed E-state index contributed by atoms with van der Waals surface area (Å²) in [5.41, 5.74) is -0.583. The van der Waals surface area contributed by atoms with Crippen molar-refractivity contribution >= 4 is 12.0 Å². The molecular weight excluding hydrogens is 236 g/mol. The van der Waals surface area contributed by atoms with Crippen molar-refractivity contribution in [2.24, 2.45) is 0 Å². The summed E-state index contributed by atoms with van der Waals surface area (Å²) in [6.45, 7) is 6.17. The summed E-state index contributed by atoms with van der Waals surface area (Å²) in [4.78, 5) is 23.8. The van der Waals surface area contributed by atoms with Crippen molar-refractivity contribution in [3.8, 4) is 0 Å². The molecule has 1 N–H and O–H groups in total. The molecule has 18 heavy (non-hydrogen) atoms. The van der Waals surface area contributed by atoms with Gasteiger partial charge in [-0.1, -0.05) is 0 Å². The smallest absolute Gasteiger partial charge is 0.429 e. The summed E-state index contributed by atoms with van der Waals surface area (Å²) < 4.78 is 5.27. The molecule has 0 unspecified atom stereocenters. The van der Waals surface area contributed by atoms with Crippen LogP contribution >= 0.6 is 0 Å². The van der Waals surface area contributed by atoms with E-state index >= 15 is 0 Å². The van der Waals surface area contributed by atoms with E-state index in [-0.39, 0.29) is 12.5 Å². The van der Waals surface area contributed by atoms with Crippen molar-refractivity contribution in [2.75, 3.05) is 19.7 Å². The summed E-state index contributed by atoms with van der Waals surface area (Å²) in [6, 6.07) is 0. The van der Waals surface area contributed by atoms with E-state index in [0.29, 0.717) is 32.4 Å². The highest BCUT2D eigenvalue weighted by Crippen LogP contribution is 2.17. The maximum absolute atomic E-state index is 12.0. The Balaban J connectivity index is 2.69. The van der Waals surface area contributed by atoms with E-state index in [4.69, 9.17) is 9.84 Å². The lowest BCUT2D eigenvalue weighted by Gasteiger charge is -2.38. The Kier molecular flexibility index (Phi) is 4.95. The molecule has 0 spiro atoms. The molecule has 6 nitrogen and oxygen atoms in total. The number of hydrogen-bond acceptors (Lipinski definition) is 4. The van der Waals surface area contributed by atoms with Gasteiger partial charge in [-0.3, -0.25) is 4.79 Å². The molecule has 0 aromatic carbocycles. The van der Waals surface area contributed by atoms with Gasteiger partial charge < -0.3 is 9.84 Å². The second-order valence-electron chi connectivity index (χ2n) is 5.30. The van der Waals surface area contributed by atoms with Crippen LogP contribution in [0.2, 0.25) is 0 Å². The topological polar surface area (TPSA) is 70.1 Å². The predicted octanol–water partition coefficient (Wildman–Crippen LogP) is 1.14. The van der Waals surface area contributed by atoms with Crippen LogP contribution in [-0.2, 0) is 9.53 Å². The van der Waals surface area contributed by atoms with Crippen LogP contribution in [0.15, 0.2) is 0 Å². The van der Waals surface area contributed by atoms with Gasteiger partial charge in [0.25, 0.3) is 0 Å². The summed E-state index contributed by atoms with van der Waals surface area (Å²) in [5.74, 6) is -0.0967. The minimum atomic E-state index is -0.583. The SMILES string of the molecule is CC(C)(C)OC(=O)N1CCCC(=O)N1CCCO. The third-order valence-electron chi connectivity index (χ3n) is 2.47. The van der Waals surface area contributed by atoms with Gasteiger partial charge in [0.05, 0.1) is 0 Å². The highest BCUT2D eigenvalue weighted by molar-refractivity contribution is 5.80. The Labute approximate surface area is 107 Å². The van der Waals surface area contributed by atoms with Gasteiger partial charge in [-0.05, 0) is 33.6 Å². The van der Waals surface area contributed by atoms with E-state index in [1.807, 2.05) is 0 Å². The molecule has 0 aliphatic carbocycles. The number of amides is 2. The lowest BCUT2D eigenvalue weighted by atomic mass is 10.2. The zero-order valence-electron chi connectivity index (χ0n) is 11.3. The average molecular weight is 258 g/mol. The maximum Gasteiger partial charge on any atom is 0.429 e. The first-order valence-electron chi connectivity index (χ1n) is 6.27. The predicted molar refractivity (Wildman–Crippen MR) is 65.6 cm³/mol. The van der Waals surface area contributed by atoms with Gasteiger partial charge >= 0.3 is 6.09 Å². The number of hydrogen-bond donors (Lipinski definition) is 1. The number of carbonyl (C=O) groups excluding carboxylic acids is 2. The highest BCUT2D eigenvalue weighted by Gasteiger charge is 2.32. The molecule has 104 valence electrons. The molecule has 0 aromatic heterocycles. The van der Waals surface area contributed by atoms with Gasteiger partial charge in [-0.2, -0.15) is 0 Å². The number of carbonyl (C=O) groups is 2. The van der Waals surface area contributed by atoms with Crippen molar-refractivity contribution in [1.29, 1.82) is 0 Å². The third-order valence-corrected chi connectivity index (χ3v) is 2.47. The second kappa shape index (κ2) is 6.04. The van der Waals surface area contributed by atoms with Crippen LogP contribution in [-0.4, -0.2) is 52.4 Å². The zero-order valence-corrected chi connectivity index (χ0v) is 11.3. The van der Waals surface area contributed by atoms with Gasteiger partial charge in [-0.15, -0.1) is 0 Å². The third kappa shape index (κ3) is 4.18.